The summed E-state index contributed by atoms with van der Waals surface area (Å²) in [4.78, 5) is 24.3. The zero-order chi connectivity index (χ0) is 17.8. The molecular formula is C19H19NO5. The lowest BCUT2D eigenvalue weighted by atomic mass is 9.88. The molecule has 25 heavy (non-hydrogen) atoms. The van der Waals surface area contributed by atoms with Crippen LogP contribution in [0.4, 0.5) is 0 Å². The first-order valence-electron chi connectivity index (χ1n) is 8.10. The smallest absolute Gasteiger partial charge is 0.319 e. The maximum absolute atomic E-state index is 12.1. The van der Waals surface area contributed by atoms with Gasteiger partial charge in [0.15, 0.2) is 0 Å². The molecule has 1 heterocycles. The molecule has 0 aromatic heterocycles. The molecule has 1 aliphatic heterocycles. The summed E-state index contributed by atoms with van der Waals surface area (Å²) < 4.78 is 10.8. The van der Waals surface area contributed by atoms with E-state index in [1.165, 1.54) is 0 Å². The Balaban J connectivity index is 1.86. The van der Waals surface area contributed by atoms with Crippen molar-refractivity contribution in [2.75, 3.05) is 13.2 Å². The Morgan fingerprint density at radius 3 is 2.60 bits per heavy atom. The van der Waals surface area contributed by atoms with Crippen molar-refractivity contribution in [1.29, 1.82) is 0 Å². The Bertz CT molecular complexity index is 761. The predicted octanol–water partition coefficient (Wildman–Crippen LogP) is 2.97. The Morgan fingerprint density at radius 1 is 1.16 bits per heavy atom. The van der Waals surface area contributed by atoms with Crippen molar-refractivity contribution < 1.29 is 24.3 Å². The van der Waals surface area contributed by atoms with E-state index in [4.69, 9.17) is 9.47 Å². The maximum atomic E-state index is 12.1. The molecule has 6 nitrogen and oxygen atoms in total. The van der Waals surface area contributed by atoms with Gasteiger partial charge in [0.25, 0.3) is 5.91 Å². The molecule has 1 saturated heterocycles. The van der Waals surface area contributed by atoms with Crippen molar-refractivity contribution in [3.05, 3.63) is 60.2 Å². The van der Waals surface area contributed by atoms with Crippen LogP contribution in [0, 0.1) is 5.92 Å². The highest BCUT2D eigenvalue weighted by Crippen LogP contribution is 2.35. The lowest BCUT2D eigenvalue weighted by molar-refractivity contribution is -0.165. The molecule has 1 aliphatic rings. The van der Waals surface area contributed by atoms with Crippen LogP contribution in [0.3, 0.4) is 0 Å². The Kier molecular flexibility index (Phi) is 5.00. The van der Waals surface area contributed by atoms with Crippen molar-refractivity contribution in [2.24, 2.45) is 5.92 Å². The second kappa shape index (κ2) is 7.36. The van der Waals surface area contributed by atoms with E-state index >= 15 is 0 Å². The number of esters is 1. The van der Waals surface area contributed by atoms with E-state index in [0.29, 0.717) is 16.6 Å². The molecule has 0 saturated carbocycles. The number of ether oxygens (including phenoxy) is 2. The number of carbonyl (C=O) groups excluding carboxylic acids is 2. The number of nitrogens with zero attached hydrogens (tertiary/aromatic N) is 1. The average Bonchev–Trinajstić information content (AvgIpc) is 2.91. The van der Waals surface area contributed by atoms with Gasteiger partial charge in [0.2, 0.25) is 0 Å². The SMILES string of the molecule is CCOC(=O)[C@H]1C(=O)N(O)C[C@H]1c1cccc(Oc2ccccc2)c1. The fourth-order valence-corrected chi connectivity index (χ4v) is 2.94. The average molecular weight is 341 g/mol. The van der Waals surface area contributed by atoms with Gasteiger partial charge < -0.3 is 9.47 Å². The van der Waals surface area contributed by atoms with Gasteiger partial charge in [-0.05, 0) is 36.8 Å². The van der Waals surface area contributed by atoms with Crippen molar-refractivity contribution in [3.8, 4) is 11.5 Å². The third kappa shape index (κ3) is 3.64. The van der Waals surface area contributed by atoms with Crippen molar-refractivity contribution in [2.45, 2.75) is 12.8 Å². The molecule has 1 fully saturated rings. The zero-order valence-corrected chi connectivity index (χ0v) is 13.8. The minimum Gasteiger partial charge on any atom is -0.465 e. The number of benzene rings is 2. The van der Waals surface area contributed by atoms with E-state index in [1.807, 2.05) is 30.3 Å². The Hall–Kier alpha value is -2.86. The highest BCUT2D eigenvalue weighted by molar-refractivity contribution is 6.00. The number of hydrogen-bond acceptors (Lipinski definition) is 5. The normalized spacial score (nSPS) is 19.8. The molecule has 0 radical (unpaired) electrons. The summed E-state index contributed by atoms with van der Waals surface area (Å²) in [6.07, 6.45) is 0. The third-order valence-corrected chi connectivity index (χ3v) is 4.10. The fourth-order valence-electron chi connectivity index (χ4n) is 2.94. The second-order valence-corrected chi connectivity index (χ2v) is 5.74. The van der Waals surface area contributed by atoms with Crippen LogP contribution >= 0.6 is 0 Å². The molecule has 2 aromatic rings. The van der Waals surface area contributed by atoms with Gasteiger partial charge in [-0.1, -0.05) is 30.3 Å². The Labute approximate surface area is 145 Å². The summed E-state index contributed by atoms with van der Waals surface area (Å²) in [7, 11) is 0. The molecule has 0 bridgehead atoms. The van der Waals surface area contributed by atoms with Crippen LogP contribution in [0.15, 0.2) is 54.6 Å². The van der Waals surface area contributed by atoms with Crippen molar-refractivity contribution >= 4 is 11.9 Å². The van der Waals surface area contributed by atoms with E-state index in [2.05, 4.69) is 0 Å². The Morgan fingerprint density at radius 2 is 1.88 bits per heavy atom. The minimum atomic E-state index is -1.04. The van der Waals surface area contributed by atoms with Gasteiger partial charge in [-0.25, -0.2) is 5.06 Å². The van der Waals surface area contributed by atoms with Crippen LogP contribution in [0.25, 0.3) is 0 Å². The molecule has 1 amide bonds. The topological polar surface area (TPSA) is 76.1 Å². The van der Waals surface area contributed by atoms with Crippen molar-refractivity contribution in [3.63, 3.8) is 0 Å². The van der Waals surface area contributed by atoms with E-state index in [1.54, 1.807) is 31.2 Å². The monoisotopic (exact) mass is 341 g/mol. The summed E-state index contributed by atoms with van der Waals surface area (Å²) in [6.45, 7) is 1.90. The van der Waals surface area contributed by atoms with Gasteiger partial charge in [0.1, 0.15) is 17.4 Å². The number of rotatable bonds is 5. The lowest BCUT2D eigenvalue weighted by Gasteiger charge is -2.16. The summed E-state index contributed by atoms with van der Waals surface area (Å²) in [5.41, 5.74) is 0.733. The summed E-state index contributed by atoms with van der Waals surface area (Å²) in [5.74, 6) is -1.52. The number of carbonyl (C=O) groups is 2. The van der Waals surface area contributed by atoms with E-state index < -0.39 is 23.7 Å². The summed E-state index contributed by atoms with van der Waals surface area (Å²) in [6, 6.07) is 16.5. The molecule has 1 N–H and O–H groups in total. The number of para-hydroxylation sites is 1. The number of hydroxylamine groups is 2. The van der Waals surface area contributed by atoms with Gasteiger partial charge in [0.05, 0.1) is 13.2 Å². The van der Waals surface area contributed by atoms with Crippen LogP contribution in [-0.4, -0.2) is 35.3 Å². The van der Waals surface area contributed by atoms with Gasteiger partial charge in [-0.3, -0.25) is 14.8 Å². The molecule has 6 heteroatoms. The molecule has 0 unspecified atom stereocenters. The van der Waals surface area contributed by atoms with Crippen molar-refractivity contribution in [1.82, 2.24) is 5.06 Å². The van der Waals surface area contributed by atoms with Gasteiger partial charge >= 0.3 is 5.97 Å². The van der Waals surface area contributed by atoms with E-state index in [9.17, 15) is 14.8 Å². The largest absolute Gasteiger partial charge is 0.465 e. The minimum absolute atomic E-state index is 0.0388. The second-order valence-electron chi connectivity index (χ2n) is 5.74. The molecule has 0 spiro atoms. The highest BCUT2D eigenvalue weighted by Gasteiger charge is 2.46. The summed E-state index contributed by atoms with van der Waals surface area (Å²) in [5, 5.41) is 10.3. The summed E-state index contributed by atoms with van der Waals surface area (Å²) >= 11 is 0. The van der Waals surface area contributed by atoms with Crippen LogP contribution in [-0.2, 0) is 14.3 Å². The number of hydrogen-bond donors (Lipinski definition) is 1. The van der Waals surface area contributed by atoms with Crippen LogP contribution < -0.4 is 4.74 Å². The number of amides is 1. The van der Waals surface area contributed by atoms with Gasteiger partial charge in [-0.2, -0.15) is 0 Å². The molecule has 2 aromatic carbocycles. The van der Waals surface area contributed by atoms with Gasteiger partial charge in [0, 0.05) is 5.92 Å². The van der Waals surface area contributed by atoms with E-state index in [0.717, 1.165) is 5.56 Å². The fraction of sp³-hybridized carbons (Fsp3) is 0.263. The van der Waals surface area contributed by atoms with Crippen LogP contribution in [0.1, 0.15) is 18.4 Å². The quantitative estimate of drug-likeness (QED) is 0.514. The maximum Gasteiger partial charge on any atom is 0.319 e. The molecule has 130 valence electrons. The predicted molar refractivity (Wildman–Crippen MR) is 89.3 cm³/mol. The zero-order valence-electron chi connectivity index (χ0n) is 13.8. The van der Waals surface area contributed by atoms with E-state index in [-0.39, 0.29) is 13.2 Å². The standard InChI is InChI=1S/C19H19NO5/c1-2-24-19(22)17-16(12-20(23)18(17)21)13-7-6-10-15(11-13)25-14-8-4-3-5-9-14/h3-11,16-17,23H,2,12H2,1H3/t16-,17+/m0/s1. The van der Waals surface area contributed by atoms with Gasteiger partial charge in [-0.15, -0.1) is 0 Å². The van der Waals surface area contributed by atoms with Crippen LogP contribution in [0.2, 0.25) is 0 Å². The third-order valence-electron chi connectivity index (χ3n) is 4.10. The molecule has 0 aliphatic carbocycles. The molecule has 3 rings (SSSR count). The lowest BCUT2D eigenvalue weighted by Crippen LogP contribution is -2.30. The molecule has 2 atom stereocenters. The molecular weight excluding hydrogens is 322 g/mol. The van der Waals surface area contributed by atoms with Crippen LogP contribution in [0.5, 0.6) is 11.5 Å². The first-order chi connectivity index (χ1) is 12.1. The highest BCUT2D eigenvalue weighted by atomic mass is 16.5. The first kappa shape index (κ1) is 17.0. The first-order valence-corrected chi connectivity index (χ1v) is 8.10.